The van der Waals surface area contributed by atoms with Gasteiger partial charge in [0.2, 0.25) is 0 Å². The monoisotopic (exact) mass is 751 g/mol. The van der Waals surface area contributed by atoms with E-state index in [0.29, 0.717) is 0 Å². The Hall–Kier alpha value is -7.22. The molecule has 0 atom stereocenters. The maximum atomic E-state index is 2.57. The largest absolute Gasteiger partial charge is 0.309 e. The topological polar surface area (TPSA) is 3.24 Å². The fourth-order valence-electron chi connectivity index (χ4n) is 11.1. The zero-order chi connectivity index (χ0) is 39.3. The van der Waals surface area contributed by atoms with Crippen LogP contribution in [-0.2, 0) is 10.8 Å². The second kappa shape index (κ2) is 12.6. The Balaban J connectivity index is 1.18. The standard InChI is InChI=1S/C58H41N/c1-57(2)47-26-13-11-24-45(47)55-53(37-36-42(56(55)57)40-20-7-4-8-21-40)59(41-34-32-39(33-35-41)38-18-5-3-6-19-38)52-31-17-30-51-54(52)46-25-12-16-29-50(46)58(51)48-27-14-9-22-43(48)44-23-10-15-28-49(44)58/h3-37H,1-2H3. The van der Waals surface area contributed by atoms with E-state index in [9.17, 15) is 0 Å². The lowest BCUT2D eigenvalue weighted by Crippen LogP contribution is -2.26. The van der Waals surface area contributed by atoms with Gasteiger partial charge >= 0.3 is 0 Å². The zero-order valence-corrected chi connectivity index (χ0v) is 33.2. The van der Waals surface area contributed by atoms with Gasteiger partial charge in [0.05, 0.1) is 16.8 Å². The smallest absolute Gasteiger partial charge is 0.0726 e. The molecule has 0 bridgehead atoms. The van der Waals surface area contributed by atoms with Crippen LogP contribution in [0.5, 0.6) is 0 Å². The number of nitrogens with zero attached hydrogens (tertiary/aromatic N) is 1. The molecule has 0 radical (unpaired) electrons. The second-order valence-corrected chi connectivity index (χ2v) is 16.8. The Morgan fingerprint density at radius 3 is 1.39 bits per heavy atom. The number of anilines is 3. The predicted octanol–water partition coefficient (Wildman–Crippen LogP) is 15.1. The Morgan fingerprint density at radius 1 is 0.305 bits per heavy atom. The minimum absolute atomic E-state index is 0.220. The van der Waals surface area contributed by atoms with Gasteiger partial charge in [-0.15, -0.1) is 0 Å². The molecule has 59 heavy (non-hydrogen) atoms. The molecule has 0 aliphatic heterocycles. The molecular formula is C58H41N. The molecule has 12 rings (SSSR count). The van der Waals surface area contributed by atoms with Crippen LogP contribution >= 0.6 is 0 Å². The summed E-state index contributed by atoms with van der Waals surface area (Å²) in [5, 5.41) is 0. The molecule has 0 N–H and O–H groups in total. The summed E-state index contributed by atoms with van der Waals surface area (Å²) in [6, 6.07) is 79.1. The van der Waals surface area contributed by atoms with Crippen LogP contribution in [-0.4, -0.2) is 0 Å². The molecule has 1 spiro atoms. The number of hydrogen-bond donors (Lipinski definition) is 0. The number of rotatable bonds is 5. The molecule has 278 valence electrons. The van der Waals surface area contributed by atoms with E-state index in [-0.39, 0.29) is 5.41 Å². The van der Waals surface area contributed by atoms with Crippen LogP contribution in [0, 0.1) is 0 Å². The summed E-state index contributed by atoms with van der Waals surface area (Å²) in [7, 11) is 0. The third kappa shape index (κ3) is 4.62. The highest BCUT2D eigenvalue weighted by Gasteiger charge is 2.52. The van der Waals surface area contributed by atoms with Crippen LogP contribution in [0.15, 0.2) is 212 Å². The van der Waals surface area contributed by atoms with Crippen molar-refractivity contribution in [1.82, 2.24) is 0 Å². The highest BCUT2D eigenvalue weighted by atomic mass is 15.1. The summed E-state index contributed by atoms with van der Waals surface area (Å²) >= 11 is 0. The summed E-state index contributed by atoms with van der Waals surface area (Å²) in [5.41, 5.74) is 23.7. The molecular weight excluding hydrogens is 711 g/mol. The van der Waals surface area contributed by atoms with Crippen LogP contribution in [0.2, 0.25) is 0 Å². The third-order valence-corrected chi connectivity index (χ3v) is 13.5. The van der Waals surface area contributed by atoms with E-state index in [1.54, 1.807) is 0 Å². The van der Waals surface area contributed by atoms with Crippen LogP contribution in [0.25, 0.3) is 55.6 Å². The molecule has 0 heterocycles. The van der Waals surface area contributed by atoms with Crippen LogP contribution < -0.4 is 4.90 Å². The first-order valence-corrected chi connectivity index (χ1v) is 20.8. The Labute approximate surface area is 346 Å². The zero-order valence-electron chi connectivity index (χ0n) is 33.2. The van der Waals surface area contributed by atoms with Crippen molar-refractivity contribution in [3.05, 3.63) is 246 Å². The summed E-state index contributed by atoms with van der Waals surface area (Å²) in [5.74, 6) is 0. The molecule has 1 heteroatoms. The van der Waals surface area contributed by atoms with Crippen molar-refractivity contribution in [2.24, 2.45) is 0 Å². The maximum absolute atomic E-state index is 2.57. The molecule has 9 aromatic rings. The molecule has 3 aliphatic carbocycles. The van der Waals surface area contributed by atoms with Gasteiger partial charge in [-0.2, -0.15) is 0 Å². The average molecular weight is 752 g/mol. The van der Waals surface area contributed by atoms with Crippen molar-refractivity contribution >= 4 is 17.1 Å². The molecule has 0 saturated carbocycles. The summed E-state index contributed by atoms with van der Waals surface area (Å²) in [4.78, 5) is 2.57. The van der Waals surface area contributed by atoms with Gasteiger partial charge in [0.25, 0.3) is 0 Å². The Morgan fingerprint density at radius 2 is 0.763 bits per heavy atom. The molecule has 0 aromatic heterocycles. The minimum Gasteiger partial charge on any atom is -0.309 e. The lowest BCUT2D eigenvalue weighted by atomic mass is 9.70. The van der Waals surface area contributed by atoms with Crippen molar-refractivity contribution in [3.8, 4) is 55.6 Å². The summed E-state index contributed by atoms with van der Waals surface area (Å²) in [6.07, 6.45) is 0. The first kappa shape index (κ1) is 33.9. The van der Waals surface area contributed by atoms with Crippen molar-refractivity contribution in [2.45, 2.75) is 24.7 Å². The molecule has 0 fully saturated rings. The first-order chi connectivity index (χ1) is 29.1. The lowest BCUT2D eigenvalue weighted by Gasteiger charge is -2.33. The van der Waals surface area contributed by atoms with Gasteiger partial charge in [0.1, 0.15) is 0 Å². The quantitative estimate of drug-likeness (QED) is 0.169. The van der Waals surface area contributed by atoms with E-state index in [0.717, 1.165) is 5.69 Å². The van der Waals surface area contributed by atoms with Gasteiger partial charge in [0, 0.05) is 22.2 Å². The van der Waals surface area contributed by atoms with E-state index < -0.39 is 5.41 Å². The summed E-state index contributed by atoms with van der Waals surface area (Å²) < 4.78 is 0. The van der Waals surface area contributed by atoms with E-state index in [1.807, 2.05) is 0 Å². The summed E-state index contributed by atoms with van der Waals surface area (Å²) in [6.45, 7) is 4.81. The van der Waals surface area contributed by atoms with Crippen LogP contribution in [0.4, 0.5) is 17.1 Å². The first-order valence-electron chi connectivity index (χ1n) is 20.8. The molecule has 9 aromatic carbocycles. The second-order valence-electron chi connectivity index (χ2n) is 16.8. The van der Waals surface area contributed by atoms with Gasteiger partial charge in [-0.25, -0.2) is 0 Å². The van der Waals surface area contributed by atoms with E-state index in [4.69, 9.17) is 0 Å². The van der Waals surface area contributed by atoms with Gasteiger partial charge in [0.15, 0.2) is 0 Å². The predicted molar refractivity (Wildman–Crippen MR) is 246 cm³/mol. The molecule has 0 amide bonds. The minimum atomic E-state index is -0.439. The van der Waals surface area contributed by atoms with Crippen molar-refractivity contribution in [3.63, 3.8) is 0 Å². The van der Waals surface area contributed by atoms with Crippen molar-refractivity contribution in [1.29, 1.82) is 0 Å². The molecule has 1 nitrogen and oxygen atoms in total. The number of hydrogen-bond acceptors (Lipinski definition) is 1. The fraction of sp³-hybridized carbons (Fsp3) is 0.0690. The molecule has 0 unspecified atom stereocenters. The average Bonchev–Trinajstić information content (AvgIpc) is 3.87. The van der Waals surface area contributed by atoms with Gasteiger partial charge < -0.3 is 4.90 Å². The Bertz CT molecular complexity index is 3070. The van der Waals surface area contributed by atoms with Gasteiger partial charge in [-0.1, -0.05) is 202 Å². The van der Waals surface area contributed by atoms with Gasteiger partial charge in [-0.3, -0.25) is 0 Å². The Kier molecular flexibility index (Phi) is 7.26. The normalized spacial score (nSPS) is 14.2. The van der Waals surface area contributed by atoms with Crippen molar-refractivity contribution in [2.75, 3.05) is 4.90 Å². The van der Waals surface area contributed by atoms with Gasteiger partial charge in [-0.05, 0) is 102 Å². The number of fused-ring (bicyclic) bond motifs is 13. The third-order valence-electron chi connectivity index (χ3n) is 13.5. The SMILES string of the molecule is CC1(C)c2ccccc2-c2c(N(c3ccc(-c4ccccc4)cc3)c3cccc4c3-c3ccccc3C43c4ccccc4-c4ccccc43)ccc(-c3ccccc3)c21. The van der Waals surface area contributed by atoms with Crippen LogP contribution in [0.1, 0.15) is 47.2 Å². The maximum Gasteiger partial charge on any atom is 0.0726 e. The van der Waals surface area contributed by atoms with E-state index in [1.165, 1.54) is 100 Å². The number of benzene rings is 9. The van der Waals surface area contributed by atoms with E-state index in [2.05, 4.69) is 231 Å². The highest BCUT2D eigenvalue weighted by molar-refractivity contribution is 6.04. The van der Waals surface area contributed by atoms with E-state index >= 15 is 0 Å². The van der Waals surface area contributed by atoms with Crippen molar-refractivity contribution < 1.29 is 0 Å². The lowest BCUT2D eigenvalue weighted by molar-refractivity contribution is 0.662. The molecule has 3 aliphatic rings. The molecule has 0 saturated heterocycles. The fourth-order valence-corrected chi connectivity index (χ4v) is 11.1. The highest BCUT2D eigenvalue weighted by Crippen LogP contribution is 2.65. The van der Waals surface area contributed by atoms with Crippen LogP contribution in [0.3, 0.4) is 0 Å².